The molecule has 0 aliphatic heterocycles. The van der Waals surface area contributed by atoms with Crippen LogP contribution in [0.25, 0.3) is 11.3 Å². The lowest BCUT2D eigenvalue weighted by Gasteiger charge is -2.11. The van der Waals surface area contributed by atoms with Gasteiger partial charge in [-0.15, -0.1) is 0 Å². The van der Waals surface area contributed by atoms with Gasteiger partial charge in [0.05, 0.1) is 20.9 Å². The summed E-state index contributed by atoms with van der Waals surface area (Å²) in [7, 11) is 0. The minimum atomic E-state index is -1.35. The minimum absolute atomic E-state index is 0.0971. The molecule has 0 radical (unpaired) electrons. The Hall–Kier alpha value is -1.99. The normalized spacial score (nSPS) is 10.4. The van der Waals surface area contributed by atoms with E-state index in [1.54, 1.807) is 6.07 Å². The Morgan fingerprint density at radius 3 is 2.59 bits per heavy atom. The summed E-state index contributed by atoms with van der Waals surface area (Å²) in [5.41, 5.74) is 0.203. The van der Waals surface area contributed by atoms with E-state index in [1.165, 1.54) is 25.1 Å². The summed E-state index contributed by atoms with van der Waals surface area (Å²) in [6.45, 7) is 1.26. The molecule has 22 heavy (non-hydrogen) atoms. The predicted molar refractivity (Wildman–Crippen MR) is 83.6 cm³/mol. The van der Waals surface area contributed by atoms with Crippen LogP contribution in [-0.4, -0.2) is 22.0 Å². The third kappa shape index (κ3) is 3.42. The zero-order chi connectivity index (χ0) is 16.4. The van der Waals surface area contributed by atoms with E-state index >= 15 is 0 Å². The van der Waals surface area contributed by atoms with Crippen LogP contribution in [0.1, 0.15) is 17.4 Å². The summed E-state index contributed by atoms with van der Waals surface area (Å²) >= 11 is 8.95. The van der Waals surface area contributed by atoms with Gasteiger partial charge in [0.15, 0.2) is 5.69 Å². The Morgan fingerprint density at radius 2 is 2.05 bits per heavy atom. The van der Waals surface area contributed by atoms with E-state index in [0.29, 0.717) is 5.56 Å². The minimum Gasteiger partial charge on any atom is -0.476 e. The van der Waals surface area contributed by atoms with Gasteiger partial charge in [-0.05, 0) is 34.1 Å². The number of halogens is 3. The third-order valence-corrected chi connectivity index (χ3v) is 3.71. The molecule has 0 saturated carbocycles. The van der Waals surface area contributed by atoms with Crippen LogP contribution in [0.3, 0.4) is 0 Å². The number of carboxylic acids is 1. The lowest BCUT2D eigenvalue weighted by atomic mass is 10.1. The number of anilines is 1. The average Bonchev–Trinajstić information content (AvgIpc) is 2.43. The first-order valence-electron chi connectivity index (χ1n) is 5.96. The van der Waals surface area contributed by atoms with E-state index in [4.69, 9.17) is 16.7 Å². The van der Waals surface area contributed by atoms with Gasteiger partial charge in [-0.25, -0.2) is 14.2 Å². The number of carboxylic acid groups (broad SMARTS) is 1. The van der Waals surface area contributed by atoms with Gasteiger partial charge in [-0.3, -0.25) is 4.79 Å². The number of pyridine rings is 1. The Morgan fingerprint density at radius 1 is 1.36 bits per heavy atom. The molecule has 0 aliphatic carbocycles. The van der Waals surface area contributed by atoms with Gasteiger partial charge >= 0.3 is 5.97 Å². The van der Waals surface area contributed by atoms with Crippen LogP contribution in [0.15, 0.2) is 28.7 Å². The second kappa shape index (κ2) is 6.41. The molecule has 5 nitrogen and oxygen atoms in total. The lowest BCUT2D eigenvalue weighted by Crippen LogP contribution is -2.10. The zero-order valence-corrected chi connectivity index (χ0v) is 13.5. The molecule has 0 bridgehead atoms. The Bertz CT molecular complexity index is 783. The Kier molecular flexibility index (Phi) is 4.77. The first-order valence-corrected chi connectivity index (χ1v) is 7.13. The molecule has 8 heteroatoms. The fourth-order valence-electron chi connectivity index (χ4n) is 1.76. The van der Waals surface area contributed by atoms with Crippen molar-refractivity contribution in [3.05, 3.63) is 45.3 Å². The van der Waals surface area contributed by atoms with Gasteiger partial charge < -0.3 is 10.4 Å². The zero-order valence-electron chi connectivity index (χ0n) is 11.2. The number of hydrogen-bond acceptors (Lipinski definition) is 3. The molecule has 2 rings (SSSR count). The summed E-state index contributed by atoms with van der Waals surface area (Å²) in [5.74, 6) is -2.29. The maximum atomic E-state index is 13.6. The molecule has 114 valence electrons. The quantitative estimate of drug-likeness (QED) is 0.835. The van der Waals surface area contributed by atoms with Gasteiger partial charge in [0.2, 0.25) is 5.91 Å². The average molecular weight is 388 g/mol. The standard InChI is InChI=1S/C14H9BrClFN2O3/c1-6(20)18-11-5-10(19-13(12(11)16)14(21)22)7-2-3-8(15)9(17)4-7/h2-5H,1H3,(H,21,22)(H,18,19,20). The number of carbonyl (C=O) groups excluding carboxylic acids is 1. The Labute approximate surface area is 138 Å². The van der Waals surface area contributed by atoms with E-state index in [1.807, 2.05) is 0 Å². The summed E-state index contributed by atoms with van der Waals surface area (Å²) in [4.78, 5) is 26.3. The molecule has 2 N–H and O–H groups in total. The van der Waals surface area contributed by atoms with E-state index in [9.17, 15) is 14.0 Å². The van der Waals surface area contributed by atoms with Crippen LogP contribution in [0, 0.1) is 5.82 Å². The summed E-state index contributed by atoms with van der Waals surface area (Å²) < 4.78 is 13.9. The number of nitrogens with zero attached hydrogens (tertiary/aromatic N) is 1. The molecule has 1 aromatic carbocycles. The van der Waals surface area contributed by atoms with Crippen molar-refractivity contribution in [2.24, 2.45) is 0 Å². The van der Waals surface area contributed by atoms with Crippen molar-refractivity contribution in [1.82, 2.24) is 4.98 Å². The summed E-state index contributed by atoms with van der Waals surface area (Å²) in [6, 6.07) is 5.62. The topological polar surface area (TPSA) is 79.3 Å². The molecule has 0 aliphatic rings. The molecule has 1 aromatic heterocycles. The van der Waals surface area contributed by atoms with Crippen LogP contribution >= 0.6 is 27.5 Å². The fraction of sp³-hybridized carbons (Fsp3) is 0.0714. The number of benzene rings is 1. The molecule has 0 saturated heterocycles. The Balaban J connectivity index is 2.64. The molecular formula is C14H9BrClFN2O3. The molecule has 1 amide bonds. The maximum absolute atomic E-state index is 13.6. The van der Waals surface area contributed by atoms with Gasteiger partial charge in [-0.2, -0.15) is 0 Å². The van der Waals surface area contributed by atoms with E-state index in [2.05, 4.69) is 26.2 Å². The highest BCUT2D eigenvalue weighted by molar-refractivity contribution is 9.10. The van der Waals surface area contributed by atoms with Crippen molar-refractivity contribution in [2.45, 2.75) is 6.92 Å². The van der Waals surface area contributed by atoms with E-state index in [-0.39, 0.29) is 20.9 Å². The van der Waals surface area contributed by atoms with Crippen molar-refractivity contribution in [3.8, 4) is 11.3 Å². The fourth-order valence-corrected chi connectivity index (χ4v) is 2.23. The number of rotatable bonds is 3. The monoisotopic (exact) mass is 386 g/mol. The highest BCUT2D eigenvalue weighted by atomic mass is 79.9. The highest BCUT2D eigenvalue weighted by Crippen LogP contribution is 2.31. The van der Waals surface area contributed by atoms with Gasteiger partial charge in [0.25, 0.3) is 0 Å². The van der Waals surface area contributed by atoms with Crippen molar-refractivity contribution in [3.63, 3.8) is 0 Å². The number of hydrogen-bond donors (Lipinski definition) is 2. The van der Waals surface area contributed by atoms with Crippen LogP contribution in [0.5, 0.6) is 0 Å². The van der Waals surface area contributed by atoms with Crippen molar-refractivity contribution < 1.29 is 19.1 Å². The number of aromatic carboxylic acids is 1. The molecule has 2 aromatic rings. The highest BCUT2D eigenvalue weighted by Gasteiger charge is 2.18. The van der Waals surface area contributed by atoms with Crippen molar-refractivity contribution >= 4 is 45.1 Å². The SMILES string of the molecule is CC(=O)Nc1cc(-c2ccc(Br)c(F)c2)nc(C(=O)O)c1Cl. The largest absolute Gasteiger partial charge is 0.476 e. The van der Waals surface area contributed by atoms with Crippen LogP contribution in [0.4, 0.5) is 10.1 Å². The summed E-state index contributed by atoms with van der Waals surface area (Å²) in [6.07, 6.45) is 0. The first kappa shape index (κ1) is 16.4. The van der Waals surface area contributed by atoms with E-state index < -0.39 is 23.4 Å². The second-order valence-corrected chi connectivity index (χ2v) is 5.57. The molecular weight excluding hydrogens is 379 g/mol. The molecule has 0 atom stereocenters. The van der Waals surface area contributed by atoms with Crippen LogP contribution in [0.2, 0.25) is 5.02 Å². The first-order chi connectivity index (χ1) is 10.3. The molecule has 1 heterocycles. The van der Waals surface area contributed by atoms with Gasteiger partial charge in [0, 0.05) is 12.5 Å². The van der Waals surface area contributed by atoms with E-state index in [0.717, 1.165) is 0 Å². The number of nitrogens with one attached hydrogen (secondary N) is 1. The molecule has 0 spiro atoms. The van der Waals surface area contributed by atoms with Crippen molar-refractivity contribution in [2.75, 3.05) is 5.32 Å². The summed E-state index contributed by atoms with van der Waals surface area (Å²) in [5, 5.41) is 11.4. The number of aromatic nitrogens is 1. The predicted octanol–water partition coefficient (Wildman–Crippen LogP) is 3.96. The maximum Gasteiger partial charge on any atom is 0.356 e. The molecule has 0 unspecified atom stereocenters. The smallest absolute Gasteiger partial charge is 0.356 e. The van der Waals surface area contributed by atoms with Gasteiger partial charge in [0.1, 0.15) is 5.82 Å². The van der Waals surface area contributed by atoms with Crippen LogP contribution < -0.4 is 5.32 Å². The molecule has 0 fully saturated rings. The number of carbonyl (C=O) groups is 2. The third-order valence-electron chi connectivity index (χ3n) is 2.69. The number of amides is 1. The van der Waals surface area contributed by atoms with Crippen molar-refractivity contribution in [1.29, 1.82) is 0 Å². The van der Waals surface area contributed by atoms with Crippen LogP contribution in [-0.2, 0) is 4.79 Å². The second-order valence-electron chi connectivity index (χ2n) is 4.33. The van der Waals surface area contributed by atoms with Gasteiger partial charge in [-0.1, -0.05) is 17.7 Å². The lowest BCUT2D eigenvalue weighted by molar-refractivity contribution is -0.114.